The average Bonchev–Trinajstić information content (AvgIpc) is 2.71. The van der Waals surface area contributed by atoms with Gasteiger partial charge in [0.15, 0.2) is 0 Å². The van der Waals surface area contributed by atoms with Gasteiger partial charge in [0.25, 0.3) is 0 Å². The molecule has 1 aromatic rings. The number of phenolic OH excluding ortho intramolecular Hbond substituents is 1. The average molecular weight is 445 g/mol. The predicted molar refractivity (Wildman–Crippen MR) is 119 cm³/mol. The van der Waals surface area contributed by atoms with E-state index in [-0.39, 0.29) is 70.5 Å². The van der Waals surface area contributed by atoms with E-state index in [2.05, 4.69) is 6.92 Å². The van der Waals surface area contributed by atoms with E-state index in [9.17, 15) is 14.7 Å². The van der Waals surface area contributed by atoms with Crippen LogP contribution in [0.5, 0.6) is 5.75 Å². The van der Waals surface area contributed by atoms with Gasteiger partial charge < -0.3 is 11.3 Å². The first-order valence-electron chi connectivity index (χ1n) is 11.7. The molecule has 0 aliphatic heterocycles. The fraction of sp³-hybridized carbons (Fsp3) is 0.680. The minimum atomic E-state index is -0.783. The van der Waals surface area contributed by atoms with Crippen LogP contribution in [-0.2, 0) is 9.53 Å². The van der Waals surface area contributed by atoms with Gasteiger partial charge in [-0.05, 0) is 18.6 Å². The van der Waals surface area contributed by atoms with Gasteiger partial charge in [0.1, 0.15) is 11.3 Å². The van der Waals surface area contributed by atoms with Crippen molar-refractivity contribution < 1.29 is 72.2 Å². The summed E-state index contributed by atoms with van der Waals surface area (Å²) in [5.41, 5.74) is 0.0253. The molecule has 4 nitrogen and oxygen atoms in total. The number of aromatic hydroxyl groups is 1. The van der Waals surface area contributed by atoms with Crippen molar-refractivity contribution in [3.63, 3.8) is 0 Å². The molecule has 0 aliphatic rings. The molecule has 30 heavy (non-hydrogen) atoms. The van der Waals surface area contributed by atoms with Crippen molar-refractivity contribution in [1.29, 1.82) is 0 Å². The molecule has 0 fully saturated rings. The molecule has 5 heteroatoms. The monoisotopic (exact) mass is 444 g/mol. The van der Waals surface area contributed by atoms with Crippen LogP contribution in [-0.4, -0.2) is 17.0 Å². The number of unbranched alkanes of at least 4 members (excludes halogenated alkanes) is 14. The fourth-order valence-electron chi connectivity index (χ4n) is 3.50. The van der Waals surface area contributed by atoms with Gasteiger partial charge in [-0.3, -0.25) is 4.79 Å². The van der Waals surface area contributed by atoms with E-state index in [1.807, 2.05) is 0 Å². The number of hydrogen-bond acceptors (Lipinski definition) is 4. The molecule has 0 saturated heterocycles. The Morgan fingerprint density at radius 2 is 1.20 bits per heavy atom. The molecule has 0 bridgehead atoms. The Bertz CT molecular complexity index is 580. The molecule has 0 atom stereocenters. The molecule has 0 amide bonds. The van der Waals surface area contributed by atoms with Gasteiger partial charge in [-0.2, -0.15) is 0 Å². The number of esters is 2. The Morgan fingerprint density at radius 1 is 0.767 bits per heavy atom. The van der Waals surface area contributed by atoms with Crippen LogP contribution in [0, 0.1) is 0 Å². The van der Waals surface area contributed by atoms with Crippen LogP contribution in [0.2, 0.25) is 0 Å². The van der Waals surface area contributed by atoms with E-state index < -0.39 is 11.9 Å². The van der Waals surface area contributed by atoms with Crippen LogP contribution in [0.4, 0.5) is 0 Å². The van der Waals surface area contributed by atoms with Gasteiger partial charge in [0, 0.05) is 6.42 Å². The van der Waals surface area contributed by atoms with Crippen LogP contribution in [0.1, 0.15) is 121 Å². The summed E-state index contributed by atoms with van der Waals surface area (Å²) in [4.78, 5) is 23.6. The summed E-state index contributed by atoms with van der Waals surface area (Å²) in [6.07, 6.45) is 19.3. The Balaban J connectivity index is 0. The van der Waals surface area contributed by atoms with Crippen LogP contribution in [0.3, 0.4) is 0 Å². The van der Waals surface area contributed by atoms with Crippen LogP contribution < -0.4 is 51.4 Å². The molecular weight excluding hydrogens is 403 g/mol. The van der Waals surface area contributed by atoms with E-state index >= 15 is 0 Å². The van der Waals surface area contributed by atoms with Crippen LogP contribution in [0.15, 0.2) is 24.3 Å². The topological polar surface area (TPSA) is 63.6 Å². The van der Waals surface area contributed by atoms with Crippen molar-refractivity contribution in [3.8, 4) is 5.75 Å². The Kier molecular flexibility index (Phi) is 20.5. The van der Waals surface area contributed by atoms with Crippen LogP contribution >= 0.6 is 0 Å². The first kappa shape index (κ1) is 29.8. The normalized spacial score (nSPS) is 10.4. The van der Waals surface area contributed by atoms with Gasteiger partial charge >= 0.3 is 63.3 Å². The van der Waals surface area contributed by atoms with E-state index in [4.69, 9.17) is 4.74 Å². The minimum Gasteiger partial charge on any atom is -1.00 e. The zero-order valence-corrected chi connectivity index (χ0v) is 22.4. The molecule has 166 valence electrons. The first-order valence-corrected chi connectivity index (χ1v) is 11.7. The molecule has 0 aromatic heterocycles. The third-order valence-corrected chi connectivity index (χ3v) is 5.31. The Morgan fingerprint density at radius 3 is 1.67 bits per heavy atom. The number of hydrogen-bond donors (Lipinski definition) is 1. The van der Waals surface area contributed by atoms with Gasteiger partial charge in [-0.25, -0.2) is 4.79 Å². The number of benzene rings is 1. The second kappa shape index (κ2) is 20.7. The van der Waals surface area contributed by atoms with Crippen molar-refractivity contribution >= 4 is 11.9 Å². The first-order chi connectivity index (χ1) is 14.1. The maximum Gasteiger partial charge on any atom is 1.00 e. The summed E-state index contributed by atoms with van der Waals surface area (Å²) in [5, 5.41) is 9.60. The molecule has 1 aromatic carbocycles. The van der Waals surface area contributed by atoms with Crippen molar-refractivity contribution in [1.82, 2.24) is 0 Å². The molecule has 0 saturated carbocycles. The fourth-order valence-corrected chi connectivity index (χ4v) is 3.50. The summed E-state index contributed by atoms with van der Waals surface area (Å²) in [7, 11) is 0. The third-order valence-electron chi connectivity index (χ3n) is 5.31. The molecular formula is C25H41KO4. The summed E-state index contributed by atoms with van der Waals surface area (Å²) in [6.45, 7) is 2.26. The number of ether oxygens (including phenoxy) is 1. The second-order valence-corrected chi connectivity index (χ2v) is 7.98. The summed E-state index contributed by atoms with van der Waals surface area (Å²) in [6, 6.07) is 6.08. The summed E-state index contributed by atoms with van der Waals surface area (Å²) >= 11 is 0. The van der Waals surface area contributed by atoms with E-state index in [1.165, 1.54) is 89.2 Å². The van der Waals surface area contributed by atoms with E-state index in [0.717, 1.165) is 19.3 Å². The molecule has 1 N–H and O–H groups in total. The minimum absolute atomic E-state index is 0. The quantitative estimate of drug-likeness (QED) is 0.167. The number of para-hydroxylation sites is 1. The molecule has 0 unspecified atom stereocenters. The second-order valence-electron chi connectivity index (χ2n) is 7.98. The van der Waals surface area contributed by atoms with Crippen molar-refractivity contribution in [2.45, 2.75) is 110 Å². The number of rotatable bonds is 17. The maximum atomic E-state index is 11.8. The molecule has 0 spiro atoms. The largest absolute Gasteiger partial charge is 1.00 e. The molecule has 0 aliphatic carbocycles. The van der Waals surface area contributed by atoms with E-state index in [1.54, 1.807) is 12.1 Å². The van der Waals surface area contributed by atoms with Crippen molar-refractivity contribution in [2.75, 3.05) is 0 Å². The third kappa shape index (κ3) is 15.6. The van der Waals surface area contributed by atoms with Gasteiger partial charge in [-0.1, -0.05) is 109 Å². The SMILES string of the molecule is CCCCCCCCCCCCCCCCCC(=O)OC(=O)c1ccccc1O.[H-].[K+]. The molecule has 0 heterocycles. The standard InChI is InChI=1S/C25H40O4.K.H/c1-2-3-4-5-6-7-8-9-10-11-12-13-14-15-16-21-24(27)29-25(28)22-19-17-18-20-23(22)26;;/h17-20,26H,2-16,21H2,1H3;;/q;+1;-1. The van der Waals surface area contributed by atoms with E-state index in [0.29, 0.717) is 0 Å². The Labute approximate surface area is 227 Å². The van der Waals surface area contributed by atoms with Crippen molar-refractivity contribution in [2.24, 2.45) is 0 Å². The Hall–Kier alpha value is -0.204. The zero-order chi connectivity index (χ0) is 21.2. The van der Waals surface area contributed by atoms with Crippen molar-refractivity contribution in [3.05, 3.63) is 29.8 Å². The van der Waals surface area contributed by atoms with Gasteiger partial charge in [0.05, 0.1) is 0 Å². The molecule has 1 rings (SSSR count). The zero-order valence-electron chi connectivity index (χ0n) is 20.3. The summed E-state index contributed by atoms with van der Waals surface area (Å²) in [5.74, 6) is -1.47. The summed E-state index contributed by atoms with van der Waals surface area (Å²) < 4.78 is 4.80. The van der Waals surface area contributed by atoms with Gasteiger partial charge in [0.2, 0.25) is 0 Å². The smallest absolute Gasteiger partial charge is 1.00 e. The molecule has 0 radical (unpaired) electrons. The number of phenols is 1. The number of carbonyl (C=O) groups excluding carboxylic acids is 2. The van der Waals surface area contributed by atoms with Gasteiger partial charge in [-0.15, -0.1) is 0 Å². The maximum absolute atomic E-state index is 11.8. The predicted octanol–water partition coefficient (Wildman–Crippen LogP) is 4.45. The number of carbonyl (C=O) groups is 2. The van der Waals surface area contributed by atoms with Crippen LogP contribution in [0.25, 0.3) is 0 Å².